The third kappa shape index (κ3) is 4.69. The molecular weight excluding hydrogens is 320 g/mol. The number of amides is 1. The number of nitrogens with zero attached hydrogens (tertiary/aromatic N) is 1. The number of halogens is 1. The molecule has 7 heteroatoms. The monoisotopic (exact) mass is 334 g/mol. The lowest BCUT2D eigenvalue weighted by Crippen LogP contribution is -2.28. The van der Waals surface area contributed by atoms with Gasteiger partial charge < -0.3 is 15.2 Å². The quantitative estimate of drug-likeness (QED) is 0.647. The summed E-state index contributed by atoms with van der Waals surface area (Å²) in [5.74, 6) is -1.22. The van der Waals surface area contributed by atoms with Gasteiger partial charge >= 0.3 is 5.97 Å². The van der Waals surface area contributed by atoms with Gasteiger partial charge in [-0.2, -0.15) is 0 Å². The number of carbonyl (C=O) groups is 2. The highest BCUT2D eigenvalue weighted by atomic mass is 35.5. The molecule has 2 rings (SSSR count). The minimum Gasteiger partial charge on any atom is -0.505 e. The van der Waals surface area contributed by atoms with E-state index in [1.165, 1.54) is 19.2 Å². The molecule has 0 bridgehead atoms. The van der Waals surface area contributed by atoms with E-state index < -0.39 is 11.9 Å². The van der Waals surface area contributed by atoms with Crippen LogP contribution in [0.4, 0.5) is 0 Å². The first-order chi connectivity index (χ1) is 11.0. The number of rotatable bonds is 5. The number of benzene rings is 1. The second-order valence-electron chi connectivity index (χ2n) is 4.70. The van der Waals surface area contributed by atoms with Crippen molar-refractivity contribution in [3.63, 3.8) is 0 Å². The molecule has 1 heterocycles. The van der Waals surface area contributed by atoms with Gasteiger partial charge in [0.05, 0.1) is 6.54 Å². The summed E-state index contributed by atoms with van der Waals surface area (Å²) in [7, 11) is 0. The normalized spacial score (nSPS) is 10.2. The highest BCUT2D eigenvalue weighted by Crippen LogP contribution is 2.26. The Morgan fingerprint density at radius 3 is 2.74 bits per heavy atom. The first-order valence-corrected chi connectivity index (χ1v) is 7.21. The van der Waals surface area contributed by atoms with Crippen LogP contribution in [-0.4, -0.2) is 35.1 Å². The Balaban J connectivity index is 2.07. The van der Waals surface area contributed by atoms with Crippen molar-refractivity contribution in [2.24, 2.45) is 0 Å². The first kappa shape index (κ1) is 16.8. The van der Waals surface area contributed by atoms with Crippen molar-refractivity contribution in [3.8, 4) is 16.9 Å². The molecule has 0 aliphatic rings. The second kappa shape index (κ2) is 7.60. The highest BCUT2D eigenvalue weighted by Gasteiger charge is 2.14. The average Bonchev–Trinajstić information content (AvgIpc) is 2.51. The third-order valence-corrected chi connectivity index (χ3v) is 3.17. The van der Waals surface area contributed by atoms with E-state index in [4.69, 9.17) is 16.3 Å². The van der Waals surface area contributed by atoms with Crippen molar-refractivity contribution in [2.45, 2.75) is 6.92 Å². The van der Waals surface area contributed by atoms with Crippen LogP contribution in [-0.2, 0) is 9.53 Å². The number of pyridine rings is 1. The van der Waals surface area contributed by atoms with Gasteiger partial charge in [-0.1, -0.05) is 23.7 Å². The molecule has 1 aromatic heterocycles. The lowest BCUT2D eigenvalue weighted by molar-refractivity contribution is -0.140. The number of nitrogens with one attached hydrogen (secondary N) is 1. The van der Waals surface area contributed by atoms with Gasteiger partial charge in [-0.3, -0.25) is 9.59 Å². The molecule has 1 amide bonds. The Labute approximate surface area is 138 Å². The van der Waals surface area contributed by atoms with Gasteiger partial charge in [0, 0.05) is 23.7 Å². The standard InChI is InChI=1S/C16H15ClN2O4/c1-10(20)23-6-5-18-16(22)15-14(21)8-12(9-19-15)11-3-2-4-13(17)7-11/h2-4,7-9,21H,5-6H2,1H3,(H,18,22). The molecule has 0 atom stereocenters. The van der Waals surface area contributed by atoms with Gasteiger partial charge in [0.15, 0.2) is 5.69 Å². The summed E-state index contributed by atoms with van der Waals surface area (Å²) >= 11 is 5.93. The molecule has 0 spiro atoms. The maximum absolute atomic E-state index is 11.9. The van der Waals surface area contributed by atoms with Crippen LogP contribution < -0.4 is 5.32 Å². The molecule has 120 valence electrons. The van der Waals surface area contributed by atoms with E-state index in [0.717, 1.165) is 5.56 Å². The van der Waals surface area contributed by atoms with Crippen LogP contribution in [0.1, 0.15) is 17.4 Å². The SMILES string of the molecule is CC(=O)OCCNC(=O)c1ncc(-c2cccc(Cl)c2)cc1O. The van der Waals surface area contributed by atoms with Gasteiger partial charge in [-0.15, -0.1) is 0 Å². The number of esters is 1. The van der Waals surface area contributed by atoms with Crippen molar-refractivity contribution in [3.05, 3.63) is 47.2 Å². The smallest absolute Gasteiger partial charge is 0.302 e. The van der Waals surface area contributed by atoms with Crippen molar-refractivity contribution in [1.29, 1.82) is 0 Å². The van der Waals surface area contributed by atoms with Gasteiger partial charge in [-0.25, -0.2) is 4.98 Å². The molecule has 2 N–H and O–H groups in total. The Kier molecular flexibility index (Phi) is 5.54. The molecule has 23 heavy (non-hydrogen) atoms. The van der Waals surface area contributed by atoms with Crippen LogP contribution in [0.15, 0.2) is 36.5 Å². The Morgan fingerprint density at radius 2 is 2.09 bits per heavy atom. The number of ether oxygens (including phenoxy) is 1. The van der Waals surface area contributed by atoms with Gasteiger partial charge in [0.25, 0.3) is 5.91 Å². The minimum absolute atomic E-state index is 0.0580. The van der Waals surface area contributed by atoms with E-state index in [1.807, 2.05) is 6.07 Å². The van der Waals surface area contributed by atoms with Crippen molar-refractivity contribution in [1.82, 2.24) is 10.3 Å². The van der Waals surface area contributed by atoms with Gasteiger partial charge in [0.1, 0.15) is 12.4 Å². The summed E-state index contributed by atoms with van der Waals surface area (Å²) in [6.45, 7) is 1.47. The van der Waals surface area contributed by atoms with Crippen molar-refractivity contribution >= 4 is 23.5 Å². The maximum Gasteiger partial charge on any atom is 0.302 e. The molecule has 0 saturated heterocycles. The van der Waals surface area contributed by atoms with Crippen LogP contribution >= 0.6 is 11.6 Å². The number of aromatic hydroxyl groups is 1. The van der Waals surface area contributed by atoms with Crippen LogP contribution in [0.5, 0.6) is 5.75 Å². The fourth-order valence-electron chi connectivity index (χ4n) is 1.90. The van der Waals surface area contributed by atoms with Gasteiger partial charge in [0.2, 0.25) is 0 Å². The summed E-state index contributed by atoms with van der Waals surface area (Å²) in [5, 5.41) is 13.1. The Hall–Kier alpha value is -2.60. The lowest BCUT2D eigenvalue weighted by Gasteiger charge is -2.08. The summed E-state index contributed by atoms with van der Waals surface area (Å²) in [6.07, 6.45) is 1.48. The zero-order valence-electron chi connectivity index (χ0n) is 12.4. The average molecular weight is 335 g/mol. The molecule has 0 unspecified atom stereocenters. The predicted octanol–water partition coefficient (Wildman–Crippen LogP) is 2.40. The molecule has 1 aromatic carbocycles. The zero-order valence-corrected chi connectivity index (χ0v) is 13.1. The highest BCUT2D eigenvalue weighted by molar-refractivity contribution is 6.30. The molecule has 0 radical (unpaired) electrons. The zero-order chi connectivity index (χ0) is 16.8. The van der Waals surface area contributed by atoms with Crippen LogP contribution in [0.3, 0.4) is 0 Å². The van der Waals surface area contributed by atoms with E-state index in [2.05, 4.69) is 10.3 Å². The van der Waals surface area contributed by atoms with Gasteiger partial charge in [-0.05, 0) is 23.8 Å². The van der Waals surface area contributed by atoms with Crippen molar-refractivity contribution < 1.29 is 19.4 Å². The third-order valence-electron chi connectivity index (χ3n) is 2.93. The maximum atomic E-state index is 11.9. The number of aromatic nitrogens is 1. The molecule has 2 aromatic rings. The van der Waals surface area contributed by atoms with E-state index in [9.17, 15) is 14.7 Å². The Bertz CT molecular complexity index is 734. The summed E-state index contributed by atoms with van der Waals surface area (Å²) < 4.78 is 4.70. The number of hydrogen-bond acceptors (Lipinski definition) is 5. The Morgan fingerprint density at radius 1 is 1.30 bits per heavy atom. The van der Waals surface area contributed by atoms with Crippen molar-refractivity contribution in [2.75, 3.05) is 13.2 Å². The van der Waals surface area contributed by atoms with Crippen LogP contribution in [0, 0.1) is 0 Å². The molecule has 0 saturated carbocycles. The number of hydrogen-bond donors (Lipinski definition) is 2. The summed E-state index contributed by atoms with van der Waals surface area (Å²) in [6, 6.07) is 8.52. The minimum atomic E-state index is -0.549. The summed E-state index contributed by atoms with van der Waals surface area (Å²) in [5.41, 5.74) is 1.32. The van der Waals surface area contributed by atoms with E-state index in [1.54, 1.807) is 18.2 Å². The molecule has 0 fully saturated rings. The molecule has 0 aliphatic heterocycles. The largest absolute Gasteiger partial charge is 0.505 e. The fraction of sp³-hybridized carbons (Fsp3) is 0.188. The second-order valence-corrected chi connectivity index (χ2v) is 5.13. The topological polar surface area (TPSA) is 88.5 Å². The molecule has 6 nitrogen and oxygen atoms in total. The first-order valence-electron chi connectivity index (χ1n) is 6.84. The fourth-order valence-corrected chi connectivity index (χ4v) is 2.09. The lowest BCUT2D eigenvalue weighted by atomic mass is 10.1. The van der Waals surface area contributed by atoms with E-state index in [0.29, 0.717) is 10.6 Å². The van der Waals surface area contributed by atoms with E-state index >= 15 is 0 Å². The van der Waals surface area contributed by atoms with E-state index in [-0.39, 0.29) is 24.6 Å². The molecular formula is C16H15ClN2O4. The molecule has 0 aliphatic carbocycles. The predicted molar refractivity (Wildman–Crippen MR) is 85.3 cm³/mol. The van der Waals surface area contributed by atoms with Crippen LogP contribution in [0.25, 0.3) is 11.1 Å². The summed E-state index contributed by atoms with van der Waals surface area (Å²) in [4.78, 5) is 26.5. The van der Waals surface area contributed by atoms with Crippen LogP contribution in [0.2, 0.25) is 5.02 Å². The number of carbonyl (C=O) groups excluding carboxylic acids is 2.